The van der Waals surface area contributed by atoms with Crippen molar-refractivity contribution in [3.8, 4) is 11.5 Å². The molecule has 30 heavy (non-hydrogen) atoms. The molecule has 1 heterocycles. The van der Waals surface area contributed by atoms with Gasteiger partial charge in [-0.15, -0.1) is 6.58 Å². The van der Waals surface area contributed by atoms with Crippen molar-refractivity contribution in [1.29, 1.82) is 0 Å². The normalized spacial score (nSPS) is 15.4. The predicted molar refractivity (Wildman–Crippen MR) is 121 cm³/mol. The van der Waals surface area contributed by atoms with Crippen LogP contribution in [0.4, 0.5) is 5.69 Å². The number of halogens is 2. The van der Waals surface area contributed by atoms with E-state index in [-0.39, 0.29) is 37.9 Å². The molecule has 2 aromatic rings. The van der Waals surface area contributed by atoms with Crippen molar-refractivity contribution >= 4 is 64.1 Å². The number of amides is 2. The summed E-state index contributed by atoms with van der Waals surface area (Å²) in [5.41, 5.74) is 1.09. The summed E-state index contributed by atoms with van der Waals surface area (Å²) >= 11 is 17.5. The van der Waals surface area contributed by atoms with Crippen LogP contribution in [0.2, 0.25) is 10.0 Å². The van der Waals surface area contributed by atoms with Crippen LogP contribution in [0, 0.1) is 0 Å². The monoisotopic (exact) mass is 462 g/mol. The number of ether oxygens (including phenoxy) is 1. The minimum absolute atomic E-state index is 0.0347. The zero-order valence-electron chi connectivity index (χ0n) is 15.7. The number of methoxy groups -OCH3 is 1. The summed E-state index contributed by atoms with van der Waals surface area (Å²) in [5.74, 6) is -1.15. The molecule has 0 spiro atoms. The lowest BCUT2D eigenvalue weighted by atomic mass is 10.0. The second-order valence-electron chi connectivity index (χ2n) is 6.25. The number of aromatic hydroxyl groups is 1. The standard InChI is InChI=1S/C21H16Cl2N2O4S/c1-3-5-12-8-11(10-16(29-2)18(12)26)9-13-19(27)24-21(30)25(20(13)28)15-7-4-6-14(22)17(15)23/h3-4,6-10,26H,1,5H2,2H3,(H,24,27,30)/b13-9+. The Bertz CT molecular complexity index is 1110. The van der Waals surface area contributed by atoms with Crippen LogP contribution < -0.4 is 15.0 Å². The van der Waals surface area contributed by atoms with Crippen LogP contribution in [0.25, 0.3) is 6.08 Å². The third-order valence-corrected chi connectivity index (χ3v) is 5.44. The highest BCUT2D eigenvalue weighted by molar-refractivity contribution is 7.80. The molecule has 2 aromatic carbocycles. The molecule has 9 heteroatoms. The maximum absolute atomic E-state index is 13.2. The zero-order chi connectivity index (χ0) is 22.0. The smallest absolute Gasteiger partial charge is 0.270 e. The molecule has 2 N–H and O–H groups in total. The van der Waals surface area contributed by atoms with Gasteiger partial charge in [-0.05, 0) is 54.5 Å². The average Bonchev–Trinajstić information content (AvgIpc) is 2.70. The van der Waals surface area contributed by atoms with Gasteiger partial charge in [0.1, 0.15) is 5.57 Å². The lowest BCUT2D eigenvalue weighted by Crippen LogP contribution is -2.54. The molecule has 0 aromatic heterocycles. The number of anilines is 1. The highest BCUT2D eigenvalue weighted by atomic mass is 35.5. The molecule has 0 aliphatic carbocycles. The van der Waals surface area contributed by atoms with E-state index in [2.05, 4.69) is 11.9 Å². The van der Waals surface area contributed by atoms with Gasteiger partial charge in [-0.1, -0.05) is 35.3 Å². The van der Waals surface area contributed by atoms with Gasteiger partial charge in [0.2, 0.25) is 0 Å². The second-order valence-corrected chi connectivity index (χ2v) is 7.43. The lowest BCUT2D eigenvalue weighted by molar-refractivity contribution is -0.122. The number of hydrogen-bond acceptors (Lipinski definition) is 5. The van der Waals surface area contributed by atoms with E-state index in [1.165, 1.54) is 19.3 Å². The van der Waals surface area contributed by atoms with E-state index >= 15 is 0 Å². The SMILES string of the molecule is C=CCc1cc(/C=C2\C(=O)NC(=S)N(c3cccc(Cl)c3Cl)C2=O)cc(OC)c1O. The molecule has 0 unspecified atom stereocenters. The van der Waals surface area contributed by atoms with Crippen LogP contribution in [0.1, 0.15) is 11.1 Å². The molecule has 1 saturated heterocycles. The van der Waals surface area contributed by atoms with Gasteiger partial charge >= 0.3 is 0 Å². The van der Waals surface area contributed by atoms with Gasteiger partial charge in [0.15, 0.2) is 16.6 Å². The van der Waals surface area contributed by atoms with Gasteiger partial charge in [-0.2, -0.15) is 0 Å². The molecular formula is C21H16Cl2N2O4S. The number of allylic oxidation sites excluding steroid dienone is 1. The van der Waals surface area contributed by atoms with E-state index in [1.54, 1.807) is 30.3 Å². The quantitative estimate of drug-likeness (QED) is 0.300. The summed E-state index contributed by atoms with van der Waals surface area (Å²) in [5, 5.41) is 13.0. The fraction of sp³-hybridized carbons (Fsp3) is 0.0952. The topological polar surface area (TPSA) is 78.9 Å². The number of phenols is 1. The molecule has 0 bridgehead atoms. The highest BCUT2D eigenvalue weighted by Crippen LogP contribution is 2.35. The maximum atomic E-state index is 13.2. The van der Waals surface area contributed by atoms with Gasteiger partial charge in [-0.3, -0.25) is 19.8 Å². The molecule has 2 amide bonds. The Kier molecular flexibility index (Phi) is 6.45. The maximum Gasteiger partial charge on any atom is 0.270 e. The molecule has 0 saturated carbocycles. The Morgan fingerprint density at radius 3 is 2.70 bits per heavy atom. The molecule has 3 rings (SSSR count). The van der Waals surface area contributed by atoms with Gasteiger partial charge in [0.05, 0.1) is 22.8 Å². The summed E-state index contributed by atoms with van der Waals surface area (Å²) in [4.78, 5) is 26.8. The Labute approximate surface area is 188 Å². The predicted octanol–water partition coefficient (Wildman–Crippen LogP) is 4.27. The van der Waals surface area contributed by atoms with Crippen LogP contribution >= 0.6 is 35.4 Å². The van der Waals surface area contributed by atoms with Crippen molar-refractivity contribution in [2.75, 3.05) is 12.0 Å². The minimum atomic E-state index is -0.662. The second kappa shape index (κ2) is 8.87. The van der Waals surface area contributed by atoms with Crippen LogP contribution in [-0.2, 0) is 16.0 Å². The van der Waals surface area contributed by atoms with E-state index in [1.807, 2.05) is 0 Å². The number of carbonyl (C=O) groups is 2. The number of phenolic OH excluding ortho intramolecular Hbond substituents is 1. The van der Waals surface area contributed by atoms with Crippen molar-refractivity contribution in [3.05, 3.63) is 69.7 Å². The van der Waals surface area contributed by atoms with Crippen LogP contribution in [-0.4, -0.2) is 29.1 Å². The Morgan fingerprint density at radius 2 is 2.03 bits per heavy atom. The number of benzene rings is 2. The summed E-state index contributed by atoms with van der Waals surface area (Å²) in [6.45, 7) is 3.66. The first-order chi connectivity index (χ1) is 14.3. The molecule has 1 aliphatic heterocycles. The fourth-order valence-corrected chi connectivity index (χ4v) is 3.60. The van der Waals surface area contributed by atoms with Crippen LogP contribution in [0.5, 0.6) is 11.5 Å². The Morgan fingerprint density at radius 1 is 1.30 bits per heavy atom. The van der Waals surface area contributed by atoms with Gasteiger partial charge < -0.3 is 9.84 Å². The minimum Gasteiger partial charge on any atom is -0.504 e. The number of nitrogens with zero attached hydrogens (tertiary/aromatic N) is 1. The van der Waals surface area contributed by atoms with Gasteiger partial charge in [0.25, 0.3) is 11.8 Å². The average molecular weight is 463 g/mol. The third-order valence-electron chi connectivity index (χ3n) is 4.35. The largest absolute Gasteiger partial charge is 0.504 e. The van der Waals surface area contributed by atoms with Gasteiger partial charge in [0, 0.05) is 5.56 Å². The summed E-state index contributed by atoms with van der Waals surface area (Å²) in [6, 6.07) is 7.91. The molecular weight excluding hydrogens is 447 g/mol. The number of carbonyl (C=O) groups excluding carboxylic acids is 2. The number of thiocarbonyl (C=S) groups is 1. The van der Waals surface area contributed by atoms with Crippen molar-refractivity contribution in [2.45, 2.75) is 6.42 Å². The highest BCUT2D eigenvalue weighted by Gasteiger charge is 2.35. The Hall–Kier alpha value is -2.87. The first-order valence-electron chi connectivity index (χ1n) is 8.64. The molecule has 0 radical (unpaired) electrons. The Balaban J connectivity index is 2.10. The third kappa shape index (κ3) is 4.05. The van der Waals surface area contributed by atoms with Crippen molar-refractivity contribution in [2.24, 2.45) is 0 Å². The fourth-order valence-electron chi connectivity index (χ4n) is 2.95. The molecule has 1 fully saturated rings. The number of nitrogens with one attached hydrogen (secondary N) is 1. The molecule has 154 valence electrons. The number of rotatable bonds is 5. The lowest BCUT2D eigenvalue weighted by Gasteiger charge is -2.29. The summed E-state index contributed by atoms with van der Waals surface area (Å²) in [7, 11) is 1.41. The van der Waals surface area contributed by atoms with Crippen molar-refractivity contribution in [1.82, 2.24) is 5.32 Å². The van der Waals surface area contributed by atoms with Gasteiger partial charge in [-0.25, -0.2) is 0 Å². The summed E-state index contributed by atoms with van der Waals surface area (Å²) < 4.78 is 5.19. The van der Waals surface area contributed by atoms with Crippen molar-refractivity contribution < 1.29 is 19.4 Å². The first kappa shape index (κ1) is 21.8. The van der Waals surface area contributed by atoms with E-state index in [0.29, 0.717) is 17.5 Å². The van der Waals surface area contributed by atoms with E-state index < -0.39 is 11.8 Å². The molecule has 1 aliphatic rings. The van der Waals surface area contributed by atoms with Crippen LogP contribution in [0.15, 0.2) is 48.6 Å². The number of hydrogen-bond donors (Lipinski definition) is 2. The van der Waals surface area contributed by atoms with Crippen LogP contribution in [0.3, 0.4) is 0 Å². The van der Waals surface area contributed by atoms with E-state index in [0.717, 1.165) is 4.90 Å². The van der Waals surface area contributed by atoms with E-state index in [4.69, 9.17) is 40.2 Å². The van der Waals surface area contributed by atoms with Crippen molar-refractivity contribution in [3.63, 3.8) is 0 Å². The van der Waals surface area contributed by atoms with E-state index in [9.17, 15) is 14.7 Å². The molecule has 6 nitrogen and oxygen atoms in total. The first-order valence-corrected chi connectivity index (χ1v) is 9.81. The molecule has 0 atom stereocenters. The zero-order valence-corrected chi connectivity index (χ0v) is 18.1. The summed E-state index contributed by atoms with van der Waals surface area (Å²) in [6.07, 6.45) is 3.37.